The minimum absolute atomic E-state index is 0.0363. The Bertz CT molecular complexity index is 1030. The molecule has 0 heterocycles. The second-order valence-corrected chi connectivity index (χ2v) is 8.90. The second kappa shape index (κ2) is 13.9. The standard InChI is InChI=1S/C27H33NO8/c1-5-33-24(30)18-34-23-12-11-20(15-21(23)13-14-29)16-22(28-26(32)36-27(2,3)4)25(31)35-17-19-9-7-6-8-10-19/h6-12,14-15,22H,5,13,16-18H2,1-4H3,(H,28,32). The van der Waals surface area contributed by atoms with Crippen molar-refractivity contribution in [2.75, 3.05) is 13.2 Å². The molecule has 1 atom stereocenters. The van der Waals surface area contributed by atoms with Gasteiger partial charge < -0.3 is 29.1 Å². The van der Waals surface area contributed by atoms with E-state index in [1.54, 1.807) is 45.9 Å². The van der Waals surface area contributed by atoms with Crippen LogP contribution in [0.3, 0.4) is 0 Å². The monoisotopic (exact) mass is 499 g/mol. The number of ether oxygens (including phenoxy) is 4. The van der Waals surface area contributed by atoms with Crippen LogP contribution in [0, 0.1) is 0 Å². The largest absolute Gasteiger partial charge is 0.482 e. The average Bonchev–Trinajstić information content (AvgIpc) is 2.81. The summed E-state index contributed by atoms with van der Waals surface area (Å²) in [5, 5.41) is 2.58. The highest BCUT2D eigenvalue weighted by atomic mass is 16.6. The molecule has 0 fully saturated rings. The van der Waals surface area contributed by atoms with Gasteiger partial charge in [-0.05, 0) is 44.9 Å². The van der Waals surface area contributed by atoms with Gasteiger partial charge in [0.2, 0.25) is 0 Å². The van der Waals surface area contributed by atoms with E-state index in [-0.39, 0.29) is 32.7 Å². The minimum atomic E-state index is -1.04. The molecule has 0 aliphatic heterocycles. The number of amides is 1. The lowest BCUT2D eigenvalue weighted by Crippen LogP contribution is -2.45. The molecule has 1 unspecified atom stereocenters. The Kier molecular flexibility index (Phi) is 10.9. The van der Waals surface area contributed by atoms with Gasteiger partial charge in [0.05, 0.1) is 6.61 Å². The SMILES string of the molecule is CCOC(=O)COc1ccc(CC(NC(=O)OC(C)(C)C)C(=O)OCc2ccccc2)cc1CC=O. The molecule has 0 aromatic heterocycles. The van der Waals surface area contributed by atoms with Gasteiger partial charge in [-0.25, -0.2) is 14.4 Å². The van der Waals surface area contributed by atoms with Gasteiger partial charge in [0.25, 0.3) is 0 Å². The van der Waals surface area contributed by atoms with E-state index in [4.69, 9.17) is 18.9 Å². The molecule has 0 saturated carbocycles. The van der Waals surface area contributed by atoms with E-state index >= 15 is 0 Å². The van der Waals surface area contributed by atoms with E-state index in [2.05, 4.69) is 5.32 Å². The lowest BCUT2D eigenvalue weighted by molar-refractivity contribution is -0.147. The van der Waals surface area contributed by atoms with Crippen molar-refractivity contribution in [3.63, 3.8) is 0 Å². The van der Waals surface area contributed by atoms with Crippen LogP contribution in [0.1, 0.15) is 44.4 Å². The van der Waals surface area contributed by atoms with Gasteiger partial charge in [-0.2, -0.15) is 0 Å². The first-order valence-corrected chi connectivity index (χ1v) is 11.6. The first kappa shape index (κ1) is 28.4. The predicted molar refractivity (Wildman–Crippen MR) is 131 cm³/mol. The highest BCUT2D eigenvalue weighted by molar-refractivity contribution is 5.82. The number of hydrogen-bond donors (Lipinski definition) is 1. The molecule has 0 spiro atoms. The molecule has 0 aliphatic carbocycles. The third kappa shape index (κ3) is 10.2. The van der Waals surface area contributed by atoms with E-state index in [9.17, 15) is 19.2 Å². The zero-order valence-corrected chi connectivity index (χ0v) is 21.1. The molecule has 1 amide bonds. The van der Waals surface area contributed by atoms with Crippen molar-refractivity contribution in [2.45, 2.75) is 58.8 Å². The van der Waals surface area contributed by atoms with Gasteiger partial charge in [-0.1, -0.05) is 42.5 Å². The smallest absolute Gasteiger partial charge is 0.408 e. The third-order valence-electron chi connectivity index (χ3n) is 4.72. The quantitative estimate of drug-likeness (QED) is 0.268. The number of benzene rings is 2. The number of carbonyl (C=O) groups excluding carboxylic acids is 4. The highest BCUT2D eigenvalue weighted by Crippen LogP contribution is 2.22. The molecule has 2 rings (SSSR count). The van der Waals surface area contributed by atoms with Crippen LogP contribution in [0.25, 0.3) is 0 Å². The molecule has 2 aromatic carbocycles. The van der Waals surface area contributed by atoms with Gasteiger partial charge in [0, 0.05) is 18.4 Å². The van der Waals surface area contributed by atoms with E-state index in [0.29, 0.717) is 23.2 Å². The molecule has 0 saturated heterocycles. The Balaban J connectivity index is 2.19. The lowest BCUT2D eigenvalue weighted by atomic mass is 10.0. The Morgan fingerprint density at radius 1 is 1.00 bits per heavy atom. The summed E-state index contributed by atoms with van der Waals surface area (Å²) in [6.45, 7) is 6.82. The fourth-order valence-corrected chi connectivity index (χ4v) is 3.20. The van der Waals surface area contributed by atoms with E-state index in [1.165, 1.54) is 0 Å². The van der Waals surface area contributed by atoms with Crippen LogP contribution >= 0.6 is 0 Å². The molecule has 9 heteroatoms. The molecule has 0 radical (unpaired) electrons. The molecular formula is C27H33NO8. The van der Waals surface area contributed by atoms with Crippen molar-refractivity contribution in [1.29, 1.82) is 0 Å². The minimum Gasteiger partial charge on any atom is -0.482 e. The second-order valence-electron chi connectivity index (χ2n) is 8.90. The number of alkyl carbamates (subject to hydrolysis) is 1. The maximum atomic E-state index is 12.9. The van der Waals surface area contributed by atoms with Crippen molar-refractivity contribution >= 4 is 24.3 Å². The van der Waals surface area contributed by atoms with Crippen LogP contribution in [0.15, 0.2) is 48.5 Å². The van der Waals surface area contributed by atoms with Crippen molar-refractivity contribution in [2.24, 2.45) is 0 Å². The van der Waals surface area contributed by atoms with Gasteiger partial charge >= 0.3 is 18.0 Å². The fourth-order valence-electron chi connectivity index (χ4n) is 3.20. The molecule has 36 heavy (non-hydrogen) atoms. The van der Waals surface area contributed by atoms with E-state index in [1.807, 2.05) is 30.3 Å². The molecule has 1 N–H and O–H groups in total. The third-order valence-corrected chi connectivity index (χ3v) is 4.72. The summed E-state index contributed by atoms with van der Waals surface area (Å²) in [6.07, 6.45) is 0.0681. The molecule has 9 nitrogen and oxygen atoms in total. The summed E-state index contributed by atoms with van der Waals surface area (Å²) < 4.78 is 21.1. The number of carbonyl (C=O) groups is 4. The van der Waals surface area contributed by atoms with Crippen LogP contribution < -0.4 is 10.1 Å². The van der Waals surface area contributed by atoms with Crippen LogP contribution in [0.2, 0.25) is 0 Å². The molecule has 194 valence electrons. The lowest BCUT2D eigenvalue weighted by Gasteiger charge is -2.23. The van der Waals surface area contributed by atoms with Crippen LogP contribution in [0.5, 0.6) is 5.75 Å². The van der Waals surface area contributed by atoms with Crippen molar-refractivity contribution in [3.05, 3.63) is 65.2 Å². The Hall–Kier alpha value is -3.88. The highest BCUT2D eigenvalue weighted by Gasteiger charge is 2.26. The Morgan fingerprint density at radius 3 is 2.36 bits per heavy atom. The van der Waals surface area contributed by atoms with Gasteiger partial charge in [-0.3, -0.25) is 0 Å². The molecular weight excluding hydrogens is 466 g/mol. The zero-order valence-electron chi connectivity index (χ0n) is 21.1. The number of nitrogens with one attached hydrogen (secondary N) is 1. The summed E-state index contributed by atoms with van der Waals surface area (Å²) in [5.74, 6) is -0.812. The van der Waals surface area contributed by atoms with Crippen molar-refractivity contribution in [1.82, 2.24) is 5.32 Å². The van der Waals surface area contributed by atoms with Crippen molar-refractivity contribution < 1.29 is 38.1 Å². The average molecular weight is 500 g/mol. The number of aldehydes is 1. The summed E-state index contributed by atoms with van der Waals surface area (Å²) in [5.41, 5.74) is 1.23. The van der Waals surface area contributed by atoms with E-state index < -0.39 is 29.7 Å². The number of hydrogen-bond acceptors (Lipinski definition) is 8. The van der Waals surface area contributed by atoms with Crippen molar-refractivity contribution in [3.8, 4) is 5.75 Å². The number of rotatable bonds is 12. The molecule has 0 aliphatic rings. The summed E-state index contributed by atoms with van der Waals surface area (Å²) >= 11 is 0. The normalized spacial score (nSPS) is 11.7. The molecule has 0 bridgehead atoms. The molecule has 2 aromatic rings. The maximum absolute atomic E-state index is 12.9. The van der Waals surface area contributed by atoms with Gasteiger partial charge in [-0.15, -0.1) is 0 Å². The summed E-state index contributed by atoms with van der Waals surface area (Å²) in [6, 6.07) is 13.1. The topological polar surface area (TPSA) is 117 Å². The van der Waals surface area contributed by atoms with Crippen LogP contribution in [-0.4, -0.2) is 49.2 Å². The fraction of sp³-hybridized carbons (Fsp3) is 0.407. The van der Waals surface area contributed by atoms with Crippen LogP contribution in [-0.2, 0) is 48.0 Å². The first-order chi connectivity index (χ1) is 17.1. The Labute approximate surface area is 211 Å². The first-order valence-electron chi connectivity index (χ1n) is 11.6. The summed E-state index contributed by atoms with van der Waals surface area (Å²) in [4.78, 5) is 48.2. The van der Waals surface area contributed by atoms with Gasteiger partial charge in [0.15, 0.2) is 6.61 Å². The Morgan fingerprint density at radius 2 is 1.72 bits per heavy atom. The van der Waals surface area contributed by atoms with Crippen LogP contribution in [0.4, 0.5) is 4.79 Å². The van der Waals surface area contributed by atoms with Gasteiger partial charge in [0.1, 0.15) is 30.3 Å². The predicted octanol–water partition coefficient (Wildman–Crippen LogP) is 3.55. The maximum Gasteiger partial charge on any atom is 0.408 e. The summed E-state index contributed by atoms with van der Waals surface area (Å²) in [7, 11) is 0. The number of esters is 2. The zero-order chi connectivity index (χ0) is 26.6. The van der Waals surface area contributed by atoms with E-state index in [0.717, 1.165) is 5.56 Å².